The molecule has 1 aromatic carbocycles. The molecule has 1 saturated carbocycles. The average molecular weight is 431 g/mol. The molecule has 6 nitrogen and oxygen atoms in total. The van der Waals surface area contributed by atoms with E-state index in [4.69, 9.17) is 5.73 Å². The van der Waals surface area contributed by atoms with Crippen LogP contribution in [0.4, 0.5) is 0 Å². The van der Waals surface area contributed by atoms with E-state index in [1.54, 1.807) is 46.2 Å². The minimum absolute atomic E-state index is 0.0671. The smallest absolute Gasteiger partial charge is 0.243 e. The summed E-state index contributed by atoms with van der Waals surface area (Å²) in [4.78, 5) is 9.06. The van der Waals surface area contributed by atoms with Gasteiger partial charge in [-0.1, -0.05) is 31.4 Å². The van der Waals surface area contributed by atoms with Gasteiger partial charge in [-0.3, -0.25) is 4.98 Å². The summed E-state index contributed by atoms with van der Waals surface area (Å²) in [5.41, 5.74) is 7.33. The first-order valence-corrected chi connectivity index (χ1v) is 12.4. The number of thiazole rings is 1. The Morgan fingerprint density at radius 1 is 1.17 bits per heavy atom. The molecule has 0 aliphatic heterocycles. The van der Waals surface area contributed by atoms with Gasteiger partial charge in [-0.15, -0.1) is 11.3 Å². The van der Waals surface area contributed by atoms with E-state index in [9.17, 15) is 8.42 Å². The van der Waals surface area contributed by atoms with Crippen molar-refractivity contribution in [3.8, 4) is 10.6 Å². The topological polar surface area (TPSA) is 89.2 Å². The van der Waals surface area contributed by atoms with E-state index in [-0.39, 0.29) is 6.04 Å². The van der Waals surface area contributed by atoms with Gasteiger partial charge < -0.3 is 5.73 Å². The predicted octanol–water partition coefficient (Wildman–Crippen LogP) is 4.03. The van der Waals surface area contributed by atoms with Crippen molar-refractivity contribution in [1.82, 2.24) is 14.3 Å². The highest BCUT2D eigenvalue weighted by Crippen LogP contribution is 2.33. The monoisotopic (exact) mass is 430 g/mol. The van der Waals surface area contributed by atoms with Gasteiger partial charge in [0.25, 0.3) is 0 Å². The second-order valence-corrected chi connectivity index (χ2v) is 10.4. The van der Waals surface area contributed by atoms with E-state index in [0.717, 1.165) is 46.5 Å². The summed E-state index contributed by atoms with van der Waals surface area (Å²) < 4.78 is 29.8. The maximum absolute atomic E-state index is 13.6. The van der Waals surface area contributed by atoms with Crippen molar-refractivity contribution in [3.05, 3.63) is 42.7 Å². The Kier molecular flexibility index (Phi) is 6.24. The largest absolute Gasteiger partial charge is 0.330 e. The number of fused-ring (bicyclic) bond motifs is 1. The maximum atomic E-state index is 13.6. The molecule has 0 amide bonds. The molecule has 1 aliphatic carbocycles. The van der Waals surface area contributed by atoms with Crippen LogP contribution in [0.25, 0.3) is 20.8 Å². The van der Waals surface area contributed by atoms with Crippen molar-refractivity contribution >= 4 is 31.6 Å². The summed E-state index contributed by atoms with van der Waals surface area (Å²) in [7, 11) is -3.59. The van der Waals surface area contributed by atoms with Gasteiger partial charge in [0.15, 0.2) is 0 Å². The lowest BCUT2D eigenvalue weighted by atomic mass is 9.95. The van der Waals surface area contributed by atoms with Crippen molar-refractivity contribution in [3.63, 3.8) is 0 Å². The summed E-state index contributed by atoms with van der Waals surface area (Å²) in [6.45, 7) is 0.957. The summed E-state index contributed by atoms with van der Waals surface area (Å²) in [5, 5.41) is 0.802. The third-order valence-electron chi connectivity index (χ3n) is 5.44. The van der Waals surface area contributed by atoms with Crippen LogP contribution in [0.3, 0.4) is 0 Å². The van der Waals surface area contributed by atoms with E-state index < -0.39 is 10.0 Å². The molecule has 0 atom stereocenters. The van der Waals surface area contributed by atoms with Crippen molar-refractivity contribution in [1.29, 1.82) is 0 Å². The van der Waals surface area contributed by atoms with Crippen LogP contribution in [0, 0.1) is 0 Å². The fraction of sp³-hybridized carbons (Fsp3) is 0.429. The maximum Gasteiger partial charge on any atom is 0.243 e. The molecule has 8 heteroatoms. The fourth-order valence-corrected chi connectivity index (χ4v) is 6.64. The van der Waals surface area contributed by atoms with Crippen LogP contribution in [0.1, 0.15) is 38.5 Å². The third kappa shape index (κ3) is 4.35. The number of nitrogens with zero attached hydrogens (tertiary/aromatic N) is 3. The Hall–Kier alpha value is -1.87. The van der Waals surface area contributed by atoms with Gasteiger partial charge in [0.1, 0.15) is 10.5 Å². The molecule has 2 heterocycles. The Balaban J connectivity index is 1.68. The van der Waals surface area contributed by atoms with Crippen LogP contribution >= 0.6 is 11.3 Å². The lowest BCUT2D eigenvalue weighted by Crippen LogP contribution is -2.42. The molecule has 154 valence electrons. The fourth-order valence-electron chi connectivity index (χ4n) is 3.94. The van der Waals surface area contributed by atoms with Gasteiger partial charge in [-0.2, -0.15) is 4.31 Å². The molecule has 1 fully saturated rings. The van der Waals surface area contributed by atoms with E-state index >= 15 is 0 Å². The van der Waals surface area contributed by atoms with Crippen LogP contribution in [-0.2, 0) is 10.0 Å². The lowest BCUT2D eigenvalue weighted by molar-refractivity contribution is 0.252. The first kappa shape index (κ1) is 20.4. The second-order valence-electron chi connectivity index (χ2n) is 7.44. The minimum Gasteiger partial charge on any atom is -0.330 e. The molecule has 0 saturated heterocycles. The molecule has 3 aromatic rings. The van der Waals surface area contributed by atoms with Crippen LogP contribution in [0.15, 0.2) is 47.6 Å². The normalized spacial score (nSPS) is 15.9. The third-order valence-corrected chi connectivity index (χ3v) is 8.48. The molecular weight excluding hydrogens is 404 g/mol. The van der Waals surface area contributed by atoms with E-state index in [1.165, 1.54) is 6.42 Å². The first-order valence-electron chi connectivity index (χ1n) is 10.1. The Morgan fingerprint density at radius 2 is 2.00 bits per heavy atom. The number of sulfonamides is 1. The van der Waals surface area contributed by atoms with Gasteiger partial charge in [0, 0.05) is 24.3 Å². The van der Waals surface area contributed by atoms with Gasteiger partial charge in [0.05, 0.1) is 15.8 Å². The summed E-state index contributed by atoms with van der Waals surface area (Å²) in [5.74, 6) is 0. The van der Waals surface area contributed by atoms with Gasteiger partial charge in [-0.05, 0) is 44.0 Å². The highest BCUT2D eigenvalue weighted by molar-refractivity contribution is 7.89. The van der Waals surface area contributed by atoms with Gasteiger partial charge in [-0.25, -0.2) is 13.4 Å². The number of pyridine rings is 1. The average Bonchev–Trinajstić information content (AvgIpc) is 3.19. The molecule has 0 bridgehead atoms. The standard InChI is InChI=1S/C21H26N4O2S2/c22-11-5-13-25(17-7-2-1-3-8-17)29(26,27)18-9-4-6-16(14-18)21-24-19-15-23-12-10-20(19)28-21/h4,6,9-10,12,14-15,17H,1-3,5,7-8,11,13,22H2. The van der Waals surface area contributed by atoms with E-state index in [0.29, 0.717) is 24.4 Å². The van der Waals surface area contributed by atoms with E-state index in [2.05, 4.69) is 9.97 Å². The molecule has 2 aromatic heterocycles. The second kappa shape index (κ2) is 8.87. The molecule has 0 spiro atoms. The van der Waals surface area contributed by atoms with Crippen molar-refractivity contribution in [2.24, 2.45) is 5.73 Å². The molecule has 4 rings (SSSR count). The van der Waals surface area contributed by atoms with Gasteiger partial charge in [0.2, 0.25) is 10.0 Å². The number of benzene rings is 1. The van der Waals surface area contributed by atoms with Crippen LogP contribution in [0.2, 0.25) is 0 Å². The highest BCUT2D eigenvalue weighted by atomic mass is 32.2. The number of rotatable bonds is 7. The SMILES string of the molecule is NCCCN(C1CCCCC1)S(=O)(=O)c1cccc(-c2nc3cnccc3s2)c1. The Labute approximate surface area is 175 Å². The quantitative estimate of drug-likeness (QED) is 0.611. The molecule has 2 N–H and O–H groups in total. The Morgan fingerprint density at radius 3 is 2.76 bits per heavy atom. The van der Waals surface area contributed by atoms with Crippen molar-refractivity contribution < 1.29 is 8.42 Å². The molecular formula is C21H26N4O2S2. The number of aromatic nitrogens is 2. The van der Waals surface area contributed by atoms with Crippen LogP contribution < -0.4 is 5.73 Å². The van der Waals surface area contributed by atoms with Gasteiger partial charge >= 0.3 is 0 Å². The Bertz CT molecular complexity index is 1040. The number of nitrogens with two attached hydrogens (primary N) is 1. The molecule has 0 radical (unpaired) electrons. The highest BCUT2D eigenvalue weighted by Gasteiger charge is 2.32. The minimum atomic E-state index is -3.59. The lowest BCUT2D eigenvalue weighted by Gasteiger charge is -2.33. The number of hydrogen-bond acceptors (Lipinski definition) is 6. The molecule has 29 heavy (non-hydrogen) atoms. The summed E-state index contributed by atoms with van der Waals surface area (Å²) >= 11 is 1.54. The van der Waals surface area contributed by atoms with Crippen LogP contribution in [-0.4, -0.2) is 41.8 Å². The zero-order valence-electron chi connectivity index (χ0n) is 16.3. The number of hydrogen-bond donors (Lipinski definition) is 1. The van der Waals surface area contributed by atoms with Crippen molar-refractivity contribution in [2.45, 2.75) is 49.5 Å². The zero-order chi connectivity index (χ0) is 20.3. The predicted molar refractivity (Wildman–Crippen MR) is 117 cm³/mol. The van der Waals surface area contributed by atoms with Crippen molar-refractivity contribution in [2.75, 3.05) is 13.1 Å². The summed E-state index contributed by atoms with van der Waals surface area (Å²) in [6.07, 6.45) is 9.34. The zero-order valence-corrected chi connectivity index (χ0v) is 18.0. The first-order chi connectivity index (χ1) is 14.1. The molecule has 0 unspecified atom stereocenters. The molecule has 1 aliphatic rings. The summed E-state index contributed by atoms with van der Waals surface area (Å²) in [6, 6.07) is 9.14. The van der Waals surface area contributed by atoms with E-state index in [1.807, 2.05) is 12.1 Å². The van der Waals surface area contributed by atoms with Crippen LogP contribution in [0.5, 0.6) is 0 Å².